The van der Waals surface area contributed by atoms with Crippen molar-refractivity contribution in [2.75, 3.05) is 18.4 Å². The molecular weight excluding hydrogens is 322 g/mol. The van der Waals surface area contributed by atoms with Crippen molar-refractivity contribution < 1.29 is 4.74 Å². The van der Waals surface area contributed by atoms with Crippen LogP contribution in [0.4, 0.5) is 5.69 Å². The summed E-state index contributed by atoms with van der Waals surface area (Å²) in [5.74, 6) is 0.760. The summed E-state index contributed by atoms with van der Waals surface area (Å²) >= 11 is 0. The number of piperidine rings is 1. The second-order valence-corrected chi connectivity index (χ2v) is 6.88. The van der Waals surface area contributed by atoms with E-state index in [0.717, 1.165) is 55.1 Å². The van der Waals surface area contributed by atoms with Crippen LogP contribution in [0.3, 0.4) is 0 Å². The maximum Gasteiger partial charge on any atom is 0.221 e. The van der Waals surface area contributed by atoms with Crippen molar-refractivity contribution in [3.63, 3.8) is 0 Å². The molecule has 4 rings (SSSR count). The lowest BCUT2D eigenvalue weighted by atomic mass is 10.1. The van der Waals surface area contributed by atoms with Crippen LogP contribution in [-0.2, 0) is 6.54 Å². The van der Waals surface area contributed by atoms with Gasteiger partial charge in [-0.05, 0) is 56.6 Å². The van der Waals surface area contributed by atoms with Gasteiger partial charge < -0.3 is 15.4 Å². The van der Waals surface area contributed by atoms with Gasteiger partial charge in [0.05, 0.1) is 0 Å². The first kappa shape index (κ1) is 16.9. The molecule has 0 amide bonds. The number of fused-ring (bicyclic) bond motifs is 1. The molecule has 134 valence electrons. The molecule has 2 N–H and O–H groups in total. The number of rotatable bonds is 5. The smallest absolute Gasteiger partial charge is 0.221 e. The fraction of sp³-hybridized carbons (Fsp3) is 0.318. The predicted octanol–water partition coefficient (Wildman–Crippen LogP) is 4.29. The van der Waals surface area contributed by atoms with Crippen molar-refractivity contribution in [3.8, 4) is 5.88 Å². The largest absolute Gasteiger partial charge is 0.474 e. The standard InChI is InChI=1S/C22H25N3O/c1-16-14-20-19(22(25-16)26-18-10-12-23-13-11-18)8-5-9-21(20)24-15-17-6-3-2-4-7-17/h2-9,14,18,23-24H,10-13,15H2,1H3. The SMILES string of the molecule is Cc1cc2c(NCc3ccccc3)cccc2c(OC2CCNCC2)n1. The molecule has 26 heavy (non-hydrogen) atoms. The normalized spacial score (nSPS) is 15.1. The molecule has 2 heterocycles. The number of nitrogens with zero attached hydrogens (tertiary/aromatic N) is 1. The zero-order chi connectivity index (χ0) is 17.8. The molecule has 0 bridgehead atoms. The first-order valence-electron chi connectivity index (χ1n) is 9.35. The summed E-state index contributed by atoms with van der Waals surface area (Å²) in [6, 6.07) is 18.9. The van der Waals surface area contributed by atoms with Crippen LogP contribution in [0, 0.1) is 6.92 Å². The fourth-order valence-corrected chi connectivity index (χ4v) is 3.48. The molecule has 0 radical (unpaired) electrons. The van der Waals surface area contributed by atoms with Gasteiger partial charge in [0, 0.05) is 28.7 Å². The lowest BCUT2D eigenvalue weighted by Crippen LogP contribution is -2.34. The second kappa shape index (κ2) is 7.75. The molecule has 1 fully saturated rings. The van der Waals surface area contributed by atoms with Crippen LogP contribution >= 0.6 is 0 Å². The molecule has 1 aliphatic rings. The minimum absolute atomic E-state index is 0.245. The molecule has 0 saturated carbocycles. The van der Waals surface area contributed by atoms with Crippen molar-refractivity contribution in [2.45, 2.75) is 32.4 Å². The van der Waals surface area contributed by atoms with E-state index in [4.69, 9.17) is 4.74 Å². The van der Waals surface area contributed by atoms with Crippen LogP contribution in [0.15, 0.2) is 54.6 Å². The van der Waals surface area contributed by atoms with E-state index in [9.17, 15) is 0 Å². The number of aromatic nitrogens is 1. The molecule has 4 heteroatoms. The highest BCUT2D eigenvalue weighted by Crippen LogP contribution is 2.31. The first-order valence-corrected chi connectivity index (χ1v) is 9.35. The Bertz CT molecular complexity index is 873. The van der Waals surface area contributed by atoms with Crippen LogP contribution < -0.4 is 15.4 Å². The maximum absolute atomic E-state index is 6.29. The molecule has 2 aromatic carbocycles. The van der Waals surface area contributed by atoms with Gasteiger partial charge in [-0.2, -0.15) is 0 Å². The Hall–Kier alpha value is -2.59. The summed E-state index contributed by atoms with van der Waals surface area (Å²) in [7, 11) is 0. The molecule has 0 atom stereocenters. The molecule has 1 saturated heterocycles. The van der Waals surface area contributed by atoms with Gasteiger partial charge in [-0.3, -0.25) is 0 Å². The Balaban J connectivity index is 1.62. The third-order valence-electron chi connectivity index (χ3n) is 4.86. The van der Waals surface area contributed by atoms with Crippen molar-refractivity contribution >= 4 is 16.5 Å². The lowest BCUT2D eigenvalue weighted by Gasteiger charge is -2.24. The van der Waals surface area contributed by atoms with Crippen molar-refractivity contribution in [1.29, 1.82) is 0 Å². The summed E-state index contributed by atoms with van der Waals surface area (Å²) < 4.78 is 6.29. The van der Waals surface area contributed by atoms with Gasteiger partial charge in [0.2, 0.25) is 5.88 Å². The highest BCUT2D eigenvalue weighted by atomic mass is 16.5. The van der Waals surface area contributed by atoms with E-state index in [1.54, 1.807) is 0 Å². The Morgan fingerprint density at radius 2 is 1.85 bits per heavy atom. The zero-order valence-corrected chi connectivity index (χ0v) is 15.2. The average Bonchev–Trinajstić information content (AvgIpc) is 2.68. The van der Waals surface area contributed by atoms with Gasteiger partial charge in [0.1, 0.15) is 6.10 Å². The van der Waals surface area contributed by atoms with E-state index in [0.29, 0.717) is 0 Å². The maximum atomic E-state index is 6.29. The minimum atomic E-state index is 0.245. The molecule has 1 aliphatic heterocycles. The third kappa shape index (κ3) is 3.81. The predicted molar refractivity (Wildman–Crippen MR) is 107 cm³/mol. The molecule has 0 spiro atoms. The highest BCUT2D eigenvalue weighted by Gasteiger charge is 2.17. The average molecular weight is 347 g/mol. The topological polar surface area (TPSA) is 46.2 Å². The van der Waals surface area contributed by atoms with Crippen LogP contribution in [-0.4, -0.2) is 24.2 Å². The van der Waals surface area contributed by atoms with Crippen molar-refractivity contribution in [3.05, 3.63) is 65.9 Å². The molecule has 0 unspecified atom stereocenters. The van der Waals surface area contributed by atoms with Crippen LogP contribution in [0.1, 0.15) is 24.1 Å². The molecular formula is C22H25N3O. The van der Waals surface area contributed by atoms with E-state index >= 15 is 0 Å². The first-order chi connectivity index (χ1) is 12.8. The third-order valence-corrected chi connectivity index (χ3v) is 4.86. The summed E-state index contributed by atoms with van der Waals surface area (Å²) in [5, 5.41) is 9.19. The fourth-order valence-electron chi connectivity index (χ4n) is 3.48. The van der Waals surface area contributed by atoms with E-state index in [2.05, 4.69) is 64.1 Å². The van der Waals surface area contributed by atoms with Crippen molar-refractivity contribution in [1.82, 2.24) is 10.3 Å². The Labute approximate surface area is 154 Å². The Morgan fingerprint density at radius 3 is 2.65 bits per heavy atom. The summed E-state index contributed by atoms with van der Waals surface area (Å²) in [6.45, 7) is 4.85. The van der Waals surface area contributed by atoms with E-state index in [1.807, 2.05) is 13.0 Å². The quantitative estimate of drug-likeness (QED) is 0.723. The number of aryl methyl sites for hydroxylation is 1. The van der Waals surface area contributed by atoms with Crippen LogP contribution in [0.2, 0.25) is 0 Å². The minimum Gasteiger partial charge on any atom is -0.474 e. The lowest BCUT2D eigenvalue weighted by molar-refractivity contribution is 0.158. The number of nitrogens with one attached hydrogen (secondary N) is 2. The van der Waals surface area contributed by atoms with Crippen molar-refractivity contribution in [2.24, 2.45) is 0 Å². The monoisotopic (exact) mass is 347 g/mol. The number of pyridine rings is 1. The molecule has 4 nitrogen and oxygen atoms in total. The van der Waals surface area contributed by atoms with Crippen LogP contribution in [0.5, 0.6) is 5.88 Å². The van der Waals surface area contributed by atoms with Gasteiger partial charge in [0.15, 0.2) is 0 Å². The zero-order valence-electron chi connectivity index (χ0n) is 15.2. The van der Waals surface area contributed by atoms with E-state index in [-0.39, 0.29) is 6.10 Å². The Kier molecular flexibility index (Phi) is 5.02. The molecule has 1 aromatic heterocycles. The van der Waals surface area contributed by atoms with Gasteiger partial charge in [0.25, 0.3) is 0 Å². The summed E-state index contributed by atoms with van der Waals surface area (Å²) in [6.07, 6.45) is 2.31. The van der Waals surface area contributed by atoms with Gasteiger partial charge in [-0.15, -0.1) is 0 Å². The number of hydrogen-bond acceptors (Lipinski definition) is 4. The second-order valence-electron chi connectivity index (χ2n) is 6.88. The van der Waals surface area contributed by atoms with E-state index < -0.39 is 0 Å². The Morgan fingerprint density at radius 1 is 1.04 bits per heavy atom. The van der Waals surface area contributed by atoms with Crippen LogP contribution in [0.25, 0.3) is 10.8 Å². The van der Waals surface area contributed by atoms with E-state index in [1.165, 1.54) is 10.9 Å². The summed E-state index contributed by atoms with van der Waals surface area (Å²) in [5.41, 5.74) is 3.36. The van der Waals surface area contributed by atoms with Gasteiger partial charge >= 0.3 is 0 Å². The molecule has 0 aliphatic carbocycles. The number of benzene rings is 2. The van der Waals surface area contributed by atoms with Gasteiger partial charge in [-0.1, -0.05) is 36.4 Å². The van der Waals surface area contributed by atoms with Gasteiger partial charge in [-0.25, -0.2) is 4.98 Å². The number of anilines is 1. The summed E-state index contributed by atoms with van der Waals surface area (Å²) in [4.78, 5) is 4.68. The highest BCUT2D eigenvalue weighted by molar-refractivity contribution is 5.97. The number of ether oxygens (including phenoxy) is 1. The molecule has 3 aromatic rings. The number of hydrogen-bond donors (Lipinski definition) is 2.